The van der Waals surface area contributed by atoms with Crippen molar-refractivity contribution in [3.63, 3.8) is 0 Å². The van der Waals surface area contributed by atoms with Crippen LogP contribution in [-0.2, 0) is 9.47 Å². The Morgan fingerprint density at radius 2 is 2.25 bits per heavy atom. The van der Waals surface area contributed by atoms with Crippen LogP contribution in [0.4, 0.5) is 0 Å². The number of ether oxygens (including phenoxy) is 2. The monoisotopic (exact) mass is 230 g/mol. The Bertz CT molecular complexity index is 161. The summed E-state index contributed by atoms with van der Waals surface area (Å²) >= 11 is 0. The molecular formula is C12H26N2O2. The number of hydrogen-bond acceptors (Lipinski definition) is 4. The smallest absolute Gasteiger partial charge is 0.0620 e. The molecule has 96 valence electrons. The van der Waals surface area contributed by atoms with Gasteiger partial charge in [0.15, 0.2) is 0 Å². The Morgan fingerprint density at radius 1 is 1.38 bits per heavy atom. The van der Waals surface area contributed by atoms with Gasteiger partial charge in [-0.05, 0) is 26.4 Å². The van der Waals surface area contributed by atoms with Gasteiger partial charge >= 0.3 is 0 Å². The Balaban J connectivity index is 2.07. The van der Waals surface area contributed by atoms with Gasteiger partial charge in [-0.1, -0.05) is 6.92 Å². The molecule has 1 fully saturated rings. The largest absolute Gasteiger partial charge is 0.380 e. The molecule has 1 N–H and O–H groups in total. The molecule has 1 aliphatic heterocycles. The summed E-state index contributed by atoms with van der Waals surface area (Å²) in [5.74, 6) is 0. The molecule has 1 atom stereocenters. The summed E-state index contributed by atoms with van der Waals surface area (Å²) < 4.78 is 10.8. The Kier molecular flexibility index (Phi) is 7.76. The van der Waals surface area contributed by atoms with Crippen molar-refractivity contribution in [2.45, 2.75) is 26.3 Å². The highest BCUT2D eigenvalue weighted by Gasteiger charge is 2.13. The van der Waals surface area contributed by atoms with Crippen LogP contribution in [-0.4, -0.2) is 63.5 Å². The van der Waals surface area contributed by atoms with Crippen LogP contribution in [0.5, 0.6) is 0 Å². The quantitative estimate of drug-likeness (QED) is 0.623. The maximum absolute atomic E-state index is 5.44. The molecule has 0 amide bonds. The van der Waals surface area contributed by atoms with Gasteiger partial charge in [-0.15, -0.1) is 0 Å². The summed E-state index contributed by atoms with van der Waals surface area (Å²) in [5, 5.41) is 3.48. The zero-order chi connectivity index (χ0) is 11.6. The van der Waals surface area contributed by atoms with Gasteiger partial charge < -0.3 is 19.7 Å². The standard InChI is InChI=1S/C12H26N2O2/c1-3-14(8-10-15-4-2)7-5-12-11-16-9-6-13-12/h12-13H,3-11H2,1-2H3. The molecule has 1 rings (SSSR count). The SMILES string of the molecule is CCOCCN(CC)CCC1COCCN1. The maximum atomic E-state index is 5.44. The van der Waals surface area contributed by atoms with Crippen molar-refractivity contribution in [1.82, 2.24) is 10.2 Å². The minimum Gasteiger partial charge on any atom is -0.380 e. The van der Waals surface area contributed by atoms with E-state index in [1.54, 1.807) is 0 Å². The van der Waals surface area contributed by atoms with E-state index in [9.17, 15) is 0 Å². The summed E-state index contributed by atoms with van der Waals surface area (Å²) in [5.41, 5.74) is 0. The Labute approximate surface area is 99.3 Å². The minimum absolute atomic E-state index is 0.537. The first kappa shape index (κ1) is 13.9. The first-order valence-corrected chi connectivity index (χ1v) is 6.48. The molecule has 0 spiro atoms. The molecule has 16 heavy (non-hydrogen) atoms. The molecule has 1 unspecified atom stereocenters. The van der Waals surface area contributed by atoms with E-state index in [0.29, 0.717) is 6.04 Å². The summed E-state index contributed by atoms with van der Waals surface area (Å²) in [6.45, 7) is 11.9. The third kappa shape index (κ3) is 5.80. The molecular weight excluding hydrogens is 204 g/mol. The first-order chi connectivity index (χ1) is 7.86. The first-order valence-electron chi connectivity index (χ1n) is 6.48. The number of rotatable bonds is 8. The van der Waals surface area contributed by atoms with Gasteiger partial charge in [-0.25, -0.2) is 0 Å². The number of morpholine rings is 1. The second-order valence-electron chi connectivity index (χ2n) is 4.15. The number of nitrogens with one attached hydrogen (secondary N) is 1. The fourth-order valence-electron chi connectivity index (χ4n) is 1.91. The molecule has 0 radical (unpaired) electrons. The molecule has 4 nitrogen and oxygen atoms in total. The van der Waals surface area contributed by atoms with Crippen LogP contribution in [0.2, 0.25) is 0 Å². The topological polar surface area (TPSA) is 33.7 Å². The van der Waals surface area contributed by atoms with Gasteiger partial charge in [0.1, 0.15) is 0 Å². The molecule has 1 aliphatic rings. The second-order valence-corrected chi connectivity index (χ2v) is 4.15. The summed E-state index contributed by atoms with van der Waals surface area (Å²) in [6.07, 6.45) is 1.17. The Hall–Kier alpha value is -0.160. The molecule has 0 aliphatic carbocycles. The fourth-order valence-corrected chi connectivity index (χ4v) is 1.91. The van der Waals surface area contributed by atoms with Gasteiger partial charge in [0.05, 0.1) is 19.8 Å². The summed E-state index contributed by atoms with van der Waals surface area (Å²) in [6, 6.07) is 0.537. The average Bonchev–Trinajstić information content (AvgIpc) is 2.35. The van der Waals surface area contributed by atoms with Crippen LogP contribution < -0.4 is 5.32 Å². The van der Waals surface area contributed by atoms with Gasteiger partial charge in [0.25, 0.3) is 0 Å². The van der Waals surface area contributed by atoms with Crippen molar-refractivity contribution in [1.29, 1.82) is 0 Å². The van der Waals surface area contributed by atoms with E-state index >= 15 is 0 Å². The van der Waals surface area contributed by atoms with E-state index in [1.807, 2.05) is 6.92 Å². The van der Waals surface area contributed by atoms with E-state index in [4.69, 9.17) is 9.47 Å². The summed E-state index contributed by atoms with van der Waals surface area (Å²) in [7, 11) is 0. The normalized spacial score (nSPS) is 21.6. The van der Waals surface area contributed by atoms with Crippen molar-refractivity contribution < 1.29 is 9.47 Å². The van der Waals surface area contributed by atoms with Gasteiger partial charge in [0, 0.05) is 25.7 Å². The summed E-state index contributed by atoms with van der Waals surface area (Å²) in [4.78, 5) is 2.44. The third-order valence-electron chi connectivity index (χ3n) is 3.00. The van der Waals surface area contributed by atoms with E-state index < -0.39 is 0 Å². The molecule has 4 heteroatoms. The van der Waals surface area contributed by atoms with Gasteiger partial charge in [-0.3, -0.25) is 0 Å². The zero-order valence-corrected chi connectivity index (χ0v) is 10.7. The molecule has 1 heterocycles. The van der Waals surface area contributed by atoms with E-state index in [-0.39, 0.29) is 0 Å². The maximum Gasteiger partial charge on any atom is 0.0620 e. The highest BCUT2D eigenvalue weighted by atomic mass is 16.5. The van der Waals surface area contributed by atoms with Crippen LogP contribution in [0.1, 0.15) is 20.3 Å². The number of nitrogens with zero attached hydrogens (tertiary/aromatic N) is 1. The van der Waals surface area contributed by atoms with Crippen molar-refractivity contribution in [3.05, 3.63) is 0 Å². The van der Waals surface area contributed by atoms with Crippen LogP contribution in [0.15, 0.2) is 0 Å². The molecule has 0 aromatic heterocycles. The van der Waals surface area contributed by atoms with Gasteiger partial charge in [-0.2, -0.15) is 0 Å². The van der Waals surface area contributed by atoms with Crippen molar-refractivity contribution in [2.24, 2.45) is 0 Å². The second kappa shape index (κ2) is 8.93. The molecule has 0 saturated carbocycles. The molecule has 0 aromatic carbocycles. The molecule has 0 bridgehead atoms. The van der Waals surface area contributed by atoms with Gasteiger partial charge in [0.2, 0.25) is 0 Å². The molecule has 0 aromatic rings. The lowest BCUT2D eigenvalue weighted by Gasteiger charge is -2.27. The highest BCUT2D eigenvalue weighted by Crippen LogP contribution is 2.01. The fraction of sp³-hybridized carbons (Fsp3) is 1.00. The van der Waals surface area contributed by atoms with E-state index in [1.165, 1.54) is 6.42 Å². The van der Waals surface area contributed by atoms with Crippen LogP contribution in [0, 0.1) is 0 Å². The number of hydrogen-bond donors (Lipinski definition) is 1. The molecule has 1 saturated heterocycles. The van der Waals surface area contributed by atoms with Crippen molar-refractivity contribution in [3.8, 4) is 0 Å². The van der Waals surface area contributed by atoms with E-state index in [0.717, 1.165) is 52.6 Å². The van der Waals surface area contributed by atoms with Crippen LogP contribution in [0.25, 0.3) is 0 Å². The van der Waals surface area contributed by atoms with Crippen molar-refractivity contribution >= 4 is 0 Å². The number of likely N-dealkylation sites (N-methyl/N-ethyl adjacent to an activating group) is 1. The Morgan fingerprint density at radius 3 is 2.88 bits per heavy atom. The predicted octanol–water partition coefficient (Wildman–Crippen LogP) is 0.723. The minimum atomic E-state index is 0.537. The van der Waals surface area contributed by atoms with Crippen LogP contribution in [0.3, 0.4) is 0 Å². The lowest BCUT2D eigenvalue weighted by Crippen LogP contribution is -2.43. The zero-order valence-electron chi connectivity index (χ0n) is 10.7. The van der Waals surface area contributed by atoms with Crippen LogP contribution >= 0.6 is 0 Å². The highest BCUT2D eigenvalue weighted by molar-refractivity contribution is 4.71. The lowest BCUT2D eigenvalue weighted by atomic mass is 10.2. The van der Waals surface area contributed by atoms with E-state index in [2.05, 4.69) is 17.1 Å². The van der Waals surface area contributed by atoms with Crippen molar-refractivity contribution in [2.75, 3.05) is 52.6 Å². The lowest BCUT2D eigenvalue weighted by molar-refractivity contribution is 0.0668. The average molecular weight is 230 g/mol. The third-order valence-corrected chi connectivity index (χ3v) is 3.00. The predicted molar refractivity (Wildman–Crippen MR) is 65.8 cm³/mol.